The molecule has 0 aromatic heterocycles. The molecule has 3 radical (unpaired) electrons. The Morgan fingerprint density at radius 2 is 1.11 bits per heavy atom. The van der Waals surface area contributed by atoms with Gasteiger partial charge in [-0.3, -0.25) is 0 Å². The average Bonchev–Trinajstić information content (AvgIpc) is 2.98. The van der Waals surface area contributed by atoms with E-state index in [1.54, 1.807) is 0 Å². The van der Waals surface area contributed by atoms with E-state index in [-0.39, 0.29) is 4.25 Å². The molecule has 241 valence electrons. The topological polar surface area (TPSA) is 9.23 Å². The quantitative estimate of drug-likeness (QED) is 0.116. The van der Waals surface area contributed by atoms with Crippen LogP contribution in [-0.4, -0.2) is 29.3 Å². The Kier molecular flexibility index (Phi) is 12.0. The van der Waals surface area contributed by atoms with Crippen LogP contribution in [0.15, 0.2) is 89.5 Å². The first-order valence-electron chi connectivity index (χ1n) is 16.8. The molecule has 0 saturated heterocycles. The van der Waals surface area contributed by atoms with Gasteiger partial charge in [-0.15, -0.1) is 0 Å². The molecule has 1 atom stereocenters. The van der Waals surface area contributed by atoms with Gasteiger partial charge in [-0.2, -0.15) is 0 Å². The van der Waals surface area contributed by atoms with Gasteiger partial charge in [0.2, 0.25) is 0 Å². The zero-order valence-electron chi connectivity index (χ0n) is 30.2. The third-order valence-corrected chi connectivity index (χ3v) is 19.4. The molecule has 0 amide bonds. The fourth-order valence-electron chi connectivity index (χ4n) is 6.39. The van der Waals surface area contributed by atoms with Crippen LogP contribution in [0.4, 0.5) is 0 Å². The summed E-state index contributed by atoms with van der Waals surface area (Å²) < 4.78 is 11.7. The Morgan fingerprint density at radius 3 is 1.48 bits per heavy atom. The molecule has 4 aromatic rings. The molecule has 0 aliphatic rings. The number of hydrogen-bond acceptors (Lipinski definition) is 1. The first kappa shape index (κ1) is 36.4. The molecule has 4 aromatic carbocycles. The standard InChI is InChI=1S/C43H54AsGeO/c1-28(2)36-26-37(29(3)4)41(38(27-36)30(5)6)45(43(10,11)12)46-42(44(13)40-32(8)24-31(7)25-33(40)9)39(34-20-16-14-17-21-34)35-22-18-15-19-23-35/h13-30H,1-12H3. The van der Waals surface area contributed by atoms with E-state index in [4.69, 9.17) is 9.48 Å². The van der Waals surface area contributed by atoms with Gasteiger partial charge in [-0.25, -0.2) is 0 Å². The molecule has 0 aliphatic heterocycles. The number of rotatable bonds is 10. The Bertz CT molecular complexity index is 1570. The van der Waals surface area contributed by atoms with Crippen molar-refractivity contribution in [1.82, 2.24) is 0 Å². The second-order valence-electron chi connectivity index (χ2n) is 14.7. The van der Waals surface area contributed by atoms with Gasteiger partial charge >= 0.3 is 292 Å². The Labute approximate surface area is 290 Å². The first-order valence-corrected chi connectivity index (χ1v) is 22.7. The monoisotopic (exact) mass is 735 g/mol. The second-order valence-corrected chi connectivity index (χ2v) is 24.1. The van der Waals surface area contributed by atoms with Crippen LogP contribution in [0.2, 0.25) is 4.25 Å². The molecule has 0 saturated carbocycles. The normalized spacial score (nSPS) is 12.7. The minimum atomic E-state index is -2.61. The molecule has 0 fully saturated rings. The van der Waals surface area contributed by atoms with Crippen LogP contribution in [-0.2, 0) is 3.76 Å². The van der Waals surface area contributed by atoms with Crippen LogP contribution >= 0.6 is 0 Å². The molecule has 0 bridgehead atoms. The van der Waals surface area contributed by atoms with E-state index in [0.29, 0.717) is 17.8 Å². The molecule has 1 unspecified atom stereocenters. The van der Waals surface area contributed by atoms with Crippen LogP contribution in [0, 0.1) is 26.5 Å². The van der Waals surface area contributed by atoms with Gasteiger partial charge in [0.15, 0.2) is 0 Å². The minimum absolute atomic E-state index is 0.0387. The fraction of sp³-hybridized carbons (Fsp3) is 0.372. The van der Waals surface area contributed by atoms with Gasteiger partial charge in [0.05, 0.1) is 0 Å². The molecular formula is C43H54AsGeO. The predicted octanol–water partition coefficient (Wildman–Crippen LogP) is 10.6. The molecule has 3 heteroatoms. The van der Waals surface area contributed by atoms with Crippen molar-refractivity contribution in [1.29, 1.82) is 0 Å². The van der Waals surface area contributed by atoms with Gasteiger partial charge in [0.25, 0.3) is 0 Å². The number of hydrogen-bond donors (Lipinski definition) is 0. The number of benzene rings is 4. The zero-order valence-corrected chi connectivity index (χ0v) is 34.2. The summed E-state index contributed by atoms with van der Waals surface area (Å²) in [6, 6.07) is 31.1. The average molecular weight is 734 g/mol. The van der Waals surface area contributed by atoms with Crippen molar-refractivity contribution >= 4 is 43.7 Å². The maximum atomic E-state index is 7.90. The van der Waals surface area contributed by atoms with Crippen molar-refractivity contribution in [2.45, 2.75) is 105 Å². The number of aryl methyl sites for hydroxylation is 3. The van der Waals surface area contributed by atoms with Crippen LogP contribution in [0.5, 0.6) is 0 Å². The summed E-state index contributed by atoms with van der Waals surface area (Å²) in [5.41, 5.74) is 19.3. The summed E-state index contributed by atoms with van der Waals surface area (Å²) in [5.74, 6) is 1.25. The molecule has 1 nitrogen and oxygen atoms in total. The van der Waals surface area contributed by atoms with Gasteiger partial charge in [0, 0.05) is 0 Å². The van der Waals surface area contributed by atoms with Crippen molar-refractivity contribution < 1.29 is 3.76 Å². The third kappa shape index (κ3) is 8.14. The van der Waals surface area contributed by atoms with Crippen molar-refractivity contribution in [2.75, 3.05) is 0 Å². The Balaban J connectivity index is 2.14. The molecular weight excluding hydrogens is 680 g/mol. The van der Waals surface area contributed by atoms with E-state index in [1.165, 1.54) is 42.1 Å². The molecule has 4 rings (SSSR count). The van der Waals surface area contributed by atoms with E-state index >= 15 is 0 Å². The van der Waals surface area contributed by atoms with Gasteiger partial charge in [0.1, 0.15) is 0 Å². The summed E-state index contributed by atoms with van der Waals surface area (Å²) in [6.45, 7) is 27.8. The van der Waals surface area contributed by atoms with E-state index in [1.807, 2.05) is 0 Å². The molecule has 46 heavy (non-hydrogen) atoms. The Morgan fingerprint density at radius 1 is 0.674 bits per heavy atom. The van der Waals surface area contributed by atoms with Crippen LogP contribution in [0.25, 0.3) is 5.57 Å². The van der Waals surface area contributed by atoms with E-state index in [0.717, 1.165) is 21.2 Å². The summed E-state index contributed by atoms with van der Waals surface area (Å²) in [4.78, 5) is 0. The van der Waals surface area contributed by atoms with Crippen LogP contribution in [0.1, 0.15) is 125 Å². The molecule has 0 heterocycles. The van der Waals surface area contributed by atoms with Crippen molar-refractivity contribution in [2.24, 2.45) is 0 Å². The molecule has 0 aliphatic carbocycles. The summed E-state index contributed by atoms with van der Waals surface area (Å²) in [7, 11) is 0. The van der Waals surface area contributed by atoms with E-state index in [9.17, 15) is 0 Å². The summed E-state index contributed by atoms with van der Waals surface area (Å²) in [5, 5.41) is 0. The van der Waals surface area contributed by atoms with E-state index in [2.05, 4.69) is 168 Å². The zero-order chi connectivity index (χ0) is 33.9. The van der Waals surface area contributed by atoms with Crippen molar-refractivity contribution in [3.05, 3.63) is 140 Å². The van der Waals surface area contributed by atoms with Gasteiger partial charge < -0.3 is 0 Å². The summed E-state index contributed by atoms with van der Waals surface area (Å²) in [6.07, 6.45) is 0. The van der Waals surface area contributed by atoms with Crippen molar-refractivity contribution in [3.63, 3.8) is 0 Å². The van der Waals surface area contributed by atoms with E-state index < -0.39 is 29.3 Å². The Hall–Kier alpha value is -2.48. The van der Waals surface area contributed by atoms with Crippen LogP contribution < -0.4 is 8.75 Å². The van der Waals surface area contributed by atoms with Crippen LogP contribution in [0.3, 0.4) is 0 Å². The van der Waals surface area contributed by atoms with Gasteiger partial charge in [-0.05, 0) is 0 Å². The maximum absolute atomic E-state index is 7.90. The van der Waals surface area contributed by atoms with Crippen molar-refractivity contribution in [3.8, 4) is 0 Å². The molecule has 0 N–H and O–H groups in total. The second kappa shape index (κ2) is 15.2. The predicted molar refractivity (Wildman–Crippen MR) is 204 cm³/mol. The molecule has 0 spiro atoms. The summed E-state index contributed by atoms with van der Waals surface area (Å²) >= 11 is -5.03. The third-order valence-electron chi connectivity index (χ3n) is 8.67. The SMILES string of the molecule is [CH][As](C([O][Ge]([c]1c(C(C)C)cc(C(C)C)cc1C(C)C)[C](C)(C)C)=C(c1ccccc1)c1ccccc1)c1c(C)cc(C)cc1C. The first-order chi connectivity index (χ1) is 21.6. The van der Waals surface area contributed by atoms with Gasteiger partial charge in [-0.1, -0.05) is 0 Å². The fourth-order valence-corrected chi connectivity index (χ4v) is 17.7.